The normalized spacial score (nSPS) is 15.5. The second-order valence-corrected chi connectivity index (χ2v) is 7.29. The van der Waals surface area contributed by atoms with Crippen LogP contribution in [0.25, 0.3) is 0 Å². The molecule has 1 amide bonds. The van der Waals surface area contributed by atoms with Crippen LogP contribution in [0.4, 0.5) is 24.5 Å². The summed E-state index contributed by atoms with van der Waals surface area (Å²) in [4.78, 5) is 15.4. The molecule has 2 aromatic rings. The Morgan fingerprint density at radius 2 is 1.68 bits per heavy atom. The molecule has 4 nitrogen and oxygen atoms in total. The monoisotopic (exact) mass is 431 g/mol. The highest BCUT2D eigenvalue weighted by molar-refractivity contribution is 6.33. The van der Waals surface area contributed by atoms with Gasteiger partial charge in [-0.2, -0.15) is 13.2 Å². The summed E-state index contributed by atoms with van der Waals surface area (Å²) in [7, 11) is 0. The summed E-state index contributed by atoms with van der Waals surface area (Å²) in [6, 6.07) is 12.1. The van der Waals surface area contributed by atoms with E-state index < -0.39 is 12.1 Å². The van der Waals surface area contributed by atoms with E-state index in [-0.39, 0.29) is 5.69 Å². The van der Waals surface area contributed by atoms with Gasteiger partial charge in [-0.1, -0.05) is 41.4 Å². The lowest BCUT2D eigenvalue weighted by atomic mass is 10.2. The van der Waals surface area contributed by atoms with Gasteiger partial charge in [0.15, 0.2) is 0 Å². The van der Waals surface area contributed by atoms with E-state index in [1.807, 2.05) is 24.3 Å². The van der Waals surface area contributed by atoms with Crippen molar-refractivity contribution in [2.75, 3.05) is 36.4 Å². The minimum Gasteiger partial charge on any atom is -0.368 e. The Kier molecular flexibility index (Phi) is 6.37. The van der Waals surface area contributed by atoms with Crippen LogP contribution in [-0.4, -0.2) is 43.2 Å². The molecule has 0 spiro atoms. The summed E-state index contributed by atoms with van der Waals surface area (Å²) in [5.74, 6) is -2.02. The molecule has 2 aromatic carbocycles. The number of hydrogen-bond acceptors (Lipinski definition) is 3. The maximum Gasteiger partial charge on any atom is 0.471 e. The molecule has 9 heteroatoms. The number of nitrogens with one attached hydrogen (secondary N) is 1. The van der Waals surface area contributed by atoms with Crippen LogP contribution in [0.1, 0.15) is 5.56 Å². The summed E-state index contributed by atoms with van der Waals surface area (Å²) >= 11 is 12.5. The molecule has 1 aliphatic rings. The Bertz CT molecular complexity index is 853. The van der Waals surface area contributed by atoms with E-state index in [4.69, 9.17) is 23.2 Å². The number of alkyl halides is 3. The fraction of sp³-hybridized carbons (Fsp3) is 0.316. The van der Waals surface area contributed by atoms with E-state index in [1.54, 1.807) is 11.4 Å². The molecule has 28 heavy (non-hydrogen) atoms. The van der Waals surface area contributed by atoms with Gasteiger partial charge in [0.2, 0.25) is 0 Å². The number of hydrogen-bond donors (Lipinski definition) is 1. The molecular weight excluding hydrogens is 414 g/mol. The van der Waals surface area contributed by atoms with Gasteiger partial charge < -0.3 is 10.2 Å². The Labute approximate surface area is 170 Å². The zero-order valence-corrected chi connectivity index (χ0v) is 16.3. The SMILES string of the molecule is O=C(Nc1ccc(N2CCN(Cc3ccccc3Cl)CC2)c(Cl)c1)C(F)(F)F. The predicted octanol–water partition coefficient (Wildman–Crippen LogP) is 4.82. The van der Waals surface area contributed by atoms with Gasteiger partial charge in [-0.25, -0.2) is 0 Å². The average molecular weight is 432 g/mol. The lowest BCUT2D eigenvalue weighted by molar-refractivity contribution is -0.167. The number of nitrogens with zero attached hydrogens (tertiary/aromatic N) is 2. The number of amides is 1. The van der Waals surface area contributed by atoms with Crippen LogP contribution >= 0.6 is 23.2 Å². The summed E-state index contributed by atoms with van der Waals surface area (Å²) in [6.45, 7) is 3.79. The minimum absolute atomic E-state index is 0.00781. The fourth-order valence-electron chi connectivity index (χ4n) is 3.06. The topological polar surface area (TPSA) is 35.6 Å². The van der Waals surface area contributed by atoms with Crippen molar-refractivity contribution in [1.29, 1.82) is 0 Å². The molecule has 1 saturated heterocycles. The van der Waals surface area contributed by atoms with Gasteiger partial charge in [0.25, 0.3) is 0 Å². The third-order valence-corrected chi connectivity index (χ3v) is 5.20. The van der Waals surface area contributed by atoms with Crippen molar-refractivity contribution in [2.45, 2.75) is 12.7 Å². The molecule has 3 rings (SSSR count). The van der Waals surface area contributed by atoms with Crippen LogP contribution in [0.5, 0.6) is 0 Å². The maximum absolute atomic E-state index is 12.4. The van der Waals surface area contributed by atoms with E-state index in [9.17, 15) is 18.0 Å². The lowest BCUT2D eigenvalue weighted by Gasteiger charge is -2.36. The average Bonchev–Trinajstić information content (AvgIpc) is 2.64. The van der Waals surface area contributed by atoms with E-state index in [2.05, 4.69) is 9.80 Å². The first-order valence-corrected chi connectivity index (χ1v) is 9.38. The van der Waals surface area contributed by atoms with Crippen LogP contribution < -0.4 is 10.2 Å². The number of halogens is 5. The molecule has 0 aromatic heterocycles. The van der Waals surface area contributed by atoms with Crippen LogP contribution in [-0.2, 0) is 11.3 Å². The van der Waals surface area contributed by atoms with Gasteiger partial charge >= 0.3 is 12.1 Å². The number of carbonyl (C=O) groups is 1. The van der Waals surface area contributed by atoms with Gasteiger partial charge in [-0.3, -0.25) is 9.69 Å². The van der Waals surface area contributed by atoms with Crippen LogP contribution in [0, 0.1) is 0 Å². The van der Waals surface area contributed by atoms with Crippen LogP contribution in [0.15, 0.2) is 42.5 Å². The van der Waals surface area contributed by atoms with Gasteiger partial charge in [0.1, 0.15) is 0 Å². The van der Waals surface area contributed by atoms with Gasteiger partial charge in [0.05, 0.1) is 10.7 Å². The van der Waals surface area contributed by atoms with Crippen LogP contribution in [0.3, 0.4) is 0 Å². The highest BCUT2D eigenvalue weighted by atomic mass is 35.5. The first-order valence-electron chi connectivity index (χ1n) is 8.62. The molecule has 0 saturated carbocycles. The third-order valence-electron chi connectivity index (χ3n) is 4.53. The highest BCUT2D eigenvalue weighted by Crippen LogP contribution is 2.30. The van der Waals surface area contributed by atoms with Crippen molar-refractivity contribution in [1.82, 2.24) is 4.90 Å². The Morgan fingerprint density at radius 3 is 2.29 bits per heavy atom. The van der Waals surface area contributed by atoms with E-state index in [1.165, 1.54) is 12.1 Å². The van der Waals surface area contributed by atoms with Crippen molar-refractivity contribution in [3.63, 3.8) is 0 Å². The smallest absolute Gasteiger partial charge is 0.368 e. The first-order chi connectivity index (χ1) is 13.2. The highest BCUT2D eigenvalue weighted by Gasteiger charge is 2.38. The zero-order valence-electron chi connectivity index (χ0n) is 14.8. The van der Waals surface area contributed by atoms with Crippen molar-refractivity contribution in [3.8, 4) is 0 Å². The molecule has 0 atom stereocenters. The van der Waals surface area contributed by atoms with E-state index >= 15 is 0 Å². The molecule has 1 aliphatic heterocycles. The number of rotatable bonds is 4. The molecule has 0 unspecified atom stereocenters. The van der Waals surface area contributed by atoms with Crippen molar-refractivity contribution >= 4 is 40.5 Å². The van der Waals surface area contributed by atoms with E-state index in [0.29, 0.717) is 5.02 Å². The van der Waals surface area contributed by atoms with Gasteiger partial charge in [-0.15, -0.1) is 0 Å². The third kappa shape index (κ3) is 5.10. The Balaban J connectivity index is 1.60. The molecule has 0 aliphatic carbocycles. The summed E-state index contributed by atoms with van der Waals surface area (Å²) in [5, 5.41) is 2.84. The molecule has 0 bridgehead atoms. The van der Waals surface area contributed by atoms with Gasteiger partial charge in [0, 0.05) is 43.4 Å². The summed E-state index contributed by atoms with van der Waals surface area (Å²) in [6.07, 6.45) is -4.94. The largest absolute Gasteiger partial charge is 0.471 e. The van der Waals surface area contributed by atoms with Crippen molar-refractivity contribution < 1.29 is 18.0 Å². The zero-order chi connectivity index (χ0) is 20.3. The van der Waals surface area contributed by atoms with Crippen LogP contribution in [0.2, 0.25) is 10.0 Å². The number of piperazine rings is 1. The quantitative estimate of drug-likeness (QED) is 0.753. The second-order valence-electron chi connectivity index (χ2n) is 6.47. The second kappa shape index (κ2) is 8.59. The minimum atomic E-state index is -4.94. The molecular formula is C19H18Cl2F3N3O. The first kappa shape index (κ1) is 20.8. The van der Waals surface area contributed by atoms with Crippen molar-refractivity contribution in [2.24, 2.45) is 0 Å². The standard InChI is InChI=1S/C19H18Cl2F3N3O/c20-15-4-2-1-3-13(15)12-26-7-9-27(10-8-26)17-6-5-14(11-16(17)21)25-18(28)19(22,23)24/h1-6,11H,7-10,12H2,(H,25,28). The molecule has 0 radical (unpaired) electrons. The maximum atomic E-state index is 12.4. The van der Waals surface area contributed by atoms with Crippen molar-refractivity contribution in [3.05, 3.63) is 58.1 Å². The Hall–Kier alpha value is -1.96. The molecule has 150 valence electrons. The molecule has 1 fully saturated rings. The fourth-order valence-corrected chi connectivity index (χ4v) is 3.55. The van der Waals surface area contributed by atoms with E-state index in [0.717, 1.165) is 49.0 Å². The molecule has 1 N–H and O–H groups in total. The Morgan fingerprint density at radius 1 is 1.00 bits per heavy atom. The number of anilines is 2. The summed E-state index contributed by atoms with van der Waals surface area (Å²) in [5.41, 5.74) is 1.80. The molecule has 1 heterocycles. The number of carbonyl (C=O) groups excluding carboxylic acids is 1. The van der Waals surface area contributed by atoms with Gasteiger partial charge in [-0.05, 0) is 29.8 Å². The predicted molar refractivity (Wildman–Crippen MR) is 105 cm³/mol. The lowest BCUT2D eigenvalue weighted by Crippen LogP contribution is -2.46. The number of benzene rings is 2. The summed E-state index contributed by atoms with van der Waals surface area (Å²) < 4.78 is 37.1.